The lowest BCUT2D eigenvalue weighted by Crippen LogP contribution is -1.99. The van der Waals surface area contributed by atoms with Crippen LogP contribution < -0.4 is 4.74 Å². The van der Waals surface area contributed by atoms with E-state index in [0.717, 1.165) is 22.4 Å². The van der Waals surface area contributed by atoms with E-state index in [2.05, 4.69) is 6.07 Å². The van der Waals surface area contributed by atoms with Gasteiger partial charge < -0.3 is 4.74 Å². The van der Waals surface area contributed by atoms with E-state index in [0.29, 0.717) is 18.6 Å². The van der Waals surface area contributed by atoms with Crippen LogP contribution in [0.1, 0.15) is 29.2 Å². The monoisotopic (exact) mass is 279 g/mol. The fourth-order valence-electron chi connectivity index (χ4n) is 2.08. The van der Waals surface area contributed by atoms with Crippen molar-refractivity contribution in [3.8, 4) is 11.8 Å². The first kappa shape index (κ1) is 14.8. The van der Waals surface area contributed by atoms with Crippen LogP contribution in [0.4, 0.5) is 0 Å². The molecular weight excluding hydrogens is 262 g/mol. The molecule has 3 heteroatoms. The summed E-state index contributed by atoms with van der Waals surface area (Å²) in [4.78, 5) is 11.0. The molecule has 0 N–H and O–H groups in total. The lowest BCUT2D eigenvalue weighted by Gasteiger charge is -2.09. The van der Waals surface area contributed by atoms with Crippen molar-refractivity contribution in [3.63, 3.8) is 0 Å². The molecule has 0 spiro atoms. The van der Waals surface area contributed by atoms with E-state index in [4.69, 9.17) is 10.00 Å². The third-order valence-electron chi connectivity index (χ3n) is 3.24. The summed E-state index contributed by atoms with van der Waals surface area (Å²) >= 11 is 0. The van der Waals surface area contributed by atoms with Gasteiger partial charge in [-0.3, -0.25) is 4.79 Å². The van der Waals surface area contributed by atoms with Crippen molar-refractivity contribution < 1.29 is 9.53 Å². The number of Topliss-reactive ketones (excluding diaryl/α,β-unsaturated/α-hetero) is 1. The Morgan fingerprint density at radius 3 is 2.48 bits per heavy atom. The summed E-state index contributed by atoms with van der Waals surface area (Å²) in [6.07, 6.45) is 0.453. The van der Waals surface area contributed by atoms with Crippen LogP contribution >= 0.6 is 0 Å². The number of nitrogens with zero attached hydrogens (tertiary/aromatic N) is 1. The molecule has 0 unspecified atom stereocenters. The molecule has 2 aromatic rings. The van der Waals surface area contributed by atoms with Gasteiger partial charge in [-0.2, -0.15) is 5.26 Å². The molecule has 0 aromatic heterocycles. The van der Waals surface area contributed by atoms with E-state index in [-0.39, 0.29) is 5.78 Å². The van der Waals surface area contributed by atoms with Crippen molar-refractivity contribution in [2.75, 3.05) is 0 Å². The normalized spacial score (nSPS) is 9.95. The van der Waals surface area contributed by atoms with Crippen LogP contribution in [0, 0.1) is 18.3 Å². The van der Waals surface area contributed by atoms with Crippen LogP contribution in [-0.2, 0) is 17.8 Å². The SMILES string of the molecule is CC(=O)Cc1ccc(OCc2ccc(C#N)cc2C)cc1. The molecule has 0 aliphatic rings. The summed E-state index contributed by atoms with van der Waals surface area (Å²) in [6.45, 7) is 4.01. The molecule has 0 amide bonds. The standard InChI is InChI=1S/C18H17NO2/c1-13-9-16(11-19)3-6-17(13)12-21-18-7-4-15(5-8-18)10-14(2)20/h3-9H,10,12H2,1-2H3. The molecule has 0 fully saturated rings. The quantitative estimate of drug-likeness (QED) is 0.840. The summed E-state index contributed by atoms with van der Waals surface area (Å²) < 4.78 is 5.74. The Kier molecular flexibility index (Phi) is 4.73. The molecule has 0 aliphatic carbocycles. The molecule has 3 nitrogen and oxygen atoms in total. The molecule has 0 saturated carbocycles. The number of aryl methyl sites for hydroxylation is 1. The number of hydrogen-bond acceptors (Lipinski definition) is 3. The van der Waals surface area contributed by atoms with Gasteiger partial charge in [0.1, 0.15) is 18.1 Å². The number of rotatable bonds is 5. The van der Waals surface area contributed by atoms with Gasteiger partial charge >= 0.3 is 0 Å². The number of carbonyl (C=O) groups excluding carboxylic acids is 1. The van der Waals surface area contributed by atoms with Gasteiger partial charge in [0.05, 0.1) is 11.6 Å². The van der Waals surface area contributed by atoms with Crippen LogP contribution in [0.25, 0.3) is 0 Å². The summed E-state index contributed by atoms with van der Waals surface area (Å²) in [5, 5.41) is 8.84. The summed E-state index contributed by atoms with van der Waals surface area (Å²) in [5.74, 6) is 0.919. The van der Waals surface area contributed by atoms with Gasteiger partial charge in [-0.1, -0.05) is 18.2 Å². The van der Waals surface area contributed by atoms with Crippen LogP contribution in [0.5, 0.6) is 5.75 Å². The minimum atomic E-state index is 0.150. The number of ether oxygens (including phenoxy) is 1. The summed E-state index contributed by atoms with van der Waals surface area (Å²) in [5.41, 5.74) is 3.75. The van der Waals surface area contributed by atoms with Crippen molar-refractivity contribution in [3.05, 3.63) is 64.7 Å². The Hall–Kier alpha value is -2.60. The summed E-state index contributed by atoms with van der Waals surface area (Å²) in [6, 6.07) is 15.2. The smallest absolute Gasteiger partial charge is 0.134 e. The van der Waals surface area contributed by atoms with Gasteiger partial charge in [-0.25, -0.2) is 0 Å². The molecule has 0 bridgehead atoms. The van der Waals surface area contributed by atoms with Gasteiger partial charge in [0, 0.05) is 6.42 Å². The van der Waals surface area contributed by atoms with Crippen molar-refractivity contribution in [2.45, 2.75) is 26.9 Å². The van der Waals surface area contributed by atoms with Crippen LogP contribution in [0.3, 0.4) is 0 Å². The molecule has 0 radical (unpaired) electrons. The highest BCUT2D eigenvalue weighted by Gasteiger charge is 2.02. The topological polar surface area (TPSA) is 50.1 Å². The number of benzene rings is 2. The molecule has 0 atom stereocenters. The van der Waals surface area contributed by atoms with Gasteiger partial charge in [0.2, 0.25) is 0 Å². The first-order chi connectivity index (χ1) is 10.1. The second kappa shape index (κ2) is 6.71. The van der Waals surface area contributed by atoms with Crippen molar-refractivity contribution >= 4 is 5.78 Å². The molecule has 2 aromatic carbocycles. The molecule has 0 aliphatic heterocycles. The highest BCUT2D eigenvalue weighted by atomic mass is 16.5. The zero-order chi connectivity index (χ0) is 15.2. The van der Waals surface area contributed by atoms with Gasteiger partial charge in [-0.15, -0.1) is 0 Å². The Labute approximate surface area is 124 Å². The van der Waals surface area contributed by atoms with Crippen molar-refractivity contribution in [1.29, 1.82) is 5.26 Å². The Morgan fingerprint density at radius 1 is 1.19 bits per heavy atom. The van der Waals surface area contributed by atoms with Crippen molar-refractivity contribution in [1.82, 2.24) is 0 Å². The Bertz CT molecular complexity index is 681. The first-order valence-electron chi connectivity index (χ1n) is 6.79. The summed E-state index contributed by atoms with van der Waals surface area (Å²) in [7, 11) is 0. The molecular formula is C18H17NO2. The molecule has 2 rings (SSSR count). The fraction of sp³-hybridized carbons (Fsp3) is 0.222. The lowest BCUT2D eigenvalue weighted by atomic mass is 10.1. The number of nitriles is 1. The Balaban J connectivity index is 2.00. The minimum absolute atomic E-state index is 0.150. The second-order valence-corrected chi connectivity index (χ2v) is 5.06. The largest absolute Gasteiger partial charge is 0.489 e. The number of ketones is 1. The average Bonchev–Trinajstić information content (AvgIpc) is 2.47. The predicted octanol–water partition coefficient (Wildman–Crippen LogP) is 3.58. The van der Waals surface area contributed by atoms with E-state index in [1.807, 2.05) is 43.3 Å². The predicted molar refractivity (Wildman–Crippen MR) is 81.1 cm³/mol. The van der Waals surface area contributed by atoms with Gasteiger partial charge in [0.15, 0.2) is 0 Å². The maximum atomic E-state index is 11.0. The van der Waals surface area contributed by atoms with Gasteiger partial charge in [0.25, 0.3) is 0 Å². The highest BCUT2D eigenvalue weighted by molar-refractivity contribution is 5.78. The van der Waals surface area contributed by atoms with E-state index >= 15 is 0 Å². The Morgan fingerprint density at radius 2 is 1.90 bits per heavy atom. The number of carbonyl (C=O) groups is 1. The van der Waals surface area contributed by atoms with Gasteiger partial charge in [-0.05, 0) is 54.8 Å². The number of hydrogen-bond donors (Lipinski definition) is 0. The maximum Gasteiger partial charge on any atom is 0.134 e. The van der Waals surface area contributed by atoms with Crippen molar-refractivity contribution in [2.24, 2.45) is 0 Å². The average molecular weight is 279 g/mol. The van der Waals surface area contributed by atoms with Crippen LogP contribution in [0.2, 0.25) is 0 Å². The highest BCUT2D eigenvalue weighted by Crippen LogP contribution is 2.17. The molecule has 21 heavy (non-hydrogen) atoms. The van der Waals surface area contributed by atoms with E-state index in [1.165, 1.54) is 0 Å². The molecule has 0 saturated heterocycles. The minimum Gasteiger partial charge on any atom is -0.489 e. The maximum absolute atomic E-state index is 11.0. The van der Waals surface area contributed by atoms with Crippen LogP contribution in [-0.4, -0.2) is 5.78 Å². The molecule has 0 heterocycles. The third-order valence-corrected chi connectivity index (χ3v) is 3.24. The zero-order valence-corrected chi connectivity index (χ0v) is 12.2. The second-order valence-electron chi connectivity index (χ2n) is 5.06. The van der Waals surface area contributed by atoms with E-state index in [1.54, 1.807) is 13.0 Å². The third kappa shape index (κ3) is 4.19. The zero-order valence-electron chi connectivity index (χ0n) is 12.2. The van der Waals surface area contributed by atoms with Crippen LogP contribution in [0.15, 0.2) is 42.5 Å². The van der Waals surface area contributed by atoms with E-state index in [9.17, 15) is 4.79 Å². The lowest BCUT2D eigenvalue weighted by molar-refractivity contribution is -0.116. The van der Waals surface area contributed by atoms with E-state index < -0.39 is 0 Å². The fourth-order valence-corrected chi connectivity index (χ4v) is 2.08. The molecule has 106 valence electrons. The first-order valence-corrected chi connectivity index (χ1v) is 6.79.